The smallest absolute Gasteiger partial charge is 0.263 e. The SMILES string of the molecule is CCCn1nccc1-c1cccc([C@H]2CCCN(S(=O)(=O)N(C)C)C2)n1. The summed E-state index contributed by atoms with van der Waals surface area (Å²) >= 11 is 0. The van der Waals surface area contributed by atoms with Crippen molar-refractivity contribution in [3.63, 3.8) is 0 Å². The minimum absolute atomic E-state index is 0.112. The molecule has 0 bridgehead atoms. The summed E-state index contributed by atoms with van der Waals surface area (Å²) < 4.78 is 29.7. The summed E-state index contributed by atoms with van der Waals surface area (Å²) in [7, 11) is -0.231. The maximum Gasteiger partial charge on any atom is 0.281 e. The summed E-state index contributed by atoms with van der Waals surface area (Å²) in [5.41, 5.74) is 2.84. The molecular weight excluding hydrogens is 350 g/mol. The summed E-state index contributed by atoms with van der Waals surface area (Å²) in [5.74, 6) is 0.112. The molecule has 1 fully saturated rings. The van der Waals surface area contributed by atoms with Crippen molar-refractivity contribution in [2.45, 2.75) is 38.6 Å². The van der Waals surface area contributed by atoms with Gasteiger partial charge in [-0.2, -0.15) is 22.1 Å². The fraction of sp³-hybridized carbons (Fsp3) is 0.556. The number of pyridine rings is 1. The van der Waals surface area contributed by atoms with E-state index in [0.29, 0.717) is 13.1 Å². The Hall–Kier alpha value is -1.77. The Bertz CT molecular complexity index is 847. The molecule has 8 heteroatoms. The van der Waals surface area contributed by atoms with Crippen molar-refractivity contribution in [2.24, 2.45) is 0 Å². The Morgan fingerprint density at radius 1 is 1.27 bits per heavy atom. The standard InChI is InChI=1S/C18H27N5O2S/c1-4-12-23-18(10-11-19-23)17-9-5-8-16(20-17)15-7-6-13-22(14-15)26(24,25)21(2)3/h5,8-11,15H,4,6-7,12-14H2,1-3H3/t15-/m0/s1. The Morgan fingerprint density at radius 3 is 2.81 bits per heavy atom. The first-order valence-corrected chi connectivity index (χ1v) is 10.5. The Balaban J connectivity index is 1.85. The van der Waals surface area contributed by atoms with E-state index in [0.717, 1.165) is 42.9 Å². The Labute approximate surface area is 155 Å². The van der Waals surface area contributed by atoms with Crippen LogP contribution >= 0.6 is 0 Å². The molecule has 1 aliphatic heterocycles. The van der Waals surface area contributed by atoms with E-state index in [-0.39, 0.29) is 5.92 Å². The fourth-order valence-corrected chi connectivity index (χ4v) is 4.58. The molecule has 0 amide bonds. The van der Waals surface area contributed by atoms with Crippen molar-refractivity contribution < 1.29 is 8.42 Å². The molecule has 3 heterocycles. The second-order valence-corrected chi connectivity index (χ2v) is 9.02. The molecule has 0 spiro atoms. The van der Waals surface area contributed by atoms with Crippen LogP contribution in [0.1, 0.15) is 37.8 Å². The molecular formula is C18H27N5O2S. The lowest BCUT2D eigenvalue weighted by atomic mass is 9.95. The van der Waals surface area contributed by atoms with Gasteiger partial charge in [0.25, 0.3) is 10.2 Å². The Kier molecular flexibility index (Phi) is 5.74. The zero-order valence-electron chi connectivity index (χ0n) is 15.7. The van der Waals surface area contributed by atoms with E-state index < -0.39 is 10.2 Å². The summed E-state index contributed by atoms with van der Waals surface area (Å²) in [6, 6.07) is 7.97. The highest BCUT2D eigenvalue weighted by atomic mass is 32.2. The monoisotopic (exact) mass is 377 g/mol. The summed E-state index contributed by atoms with van der Waals surface area (Å²) in [6.07, 6.45) is 4.60. The van der Waals surface area contributed by atoms with Crippen LogP contribution in [0.4, 0.5) is 0 Å². The molecule has 3 rings (SSSR count). The van der Waals surface area contributed by atoms with Crippen LogP contribution in [-0.2, 0) is 16.8 Å². The van der Waals surface area contributed by atoms with E-state index in [1.54, 1.807) is 24.6 Å². The minimum Gasteiger partial charge on any atom is -0.263 e. The van der Waals surface area contributed by atoms with Crippen molar-refractivity contribution in [3.8, 4) is 11.4 Å². The van der Waals surface area contributed by atoms with Crippen molar-refractivity contribution >= 4 is 10.2 Å². The first-order chi connectivity index (χ1) is 12.4. The molecule has 0 N–H and O–H groups in total. The van der Waals surface area contributed by atoms with Gasteiger partial charge in [-0.1, -0.05) is 13.0 Å². The van der Waals surface area contributed by atoms with Crippen molar-refractivity contribution in [2.75, 3.05) is 27.2 Å². The van der Waals surface area contributed by atoms with Gasteiger partial charge in [-0.3, -0.25) is 9.67 Å². The third-order valence-electron chi connectivity index (χ3n) is 4.78. The van der Waals surface area contributed by atoms with Crippen molar-refractivity contribution in [1.82, 2.24) is 23.4 Å². The molecule has 2 aromatic heterocycles. The molecule has 1 saturated heterocycles. The van der Waals surface area contributed by atoms with Gasteiger partial charge >= 0.3 is 0 Å². The molecule has 7 nitrogen and oxygen atoms in total. The van der Waals surface area contributed by atoms with E-state index in [2.05, 4.69) is 12.0 Å². The van der Waals surface area contributed by atoms with Crippen LogP contribution in [0.5, 0.6) is 0 Å². The molecule has 2 aromatic rings. The van der Waals surface area contributed by atoms with E-state index in [1.807, 2.05) is 28.9 Å². The lowest BCUT2D eigenvalue weighted by Gasteiger charge is -2.33. The van der Waals surface area contributed by atoms with Gasteiger partial charge < -0.3 is 0 Å². The molecule has 0 aromatic carbocycles. The van der Waals surface area contributed by atoms with Gasteiger partial charge in [0, 0.05) is 51.5 Å². The molecule has 142 valence electrons. The Morgan fingerprint density at radius 2 is 2.08 bits per heavy atom. The highest BCUT2D eigenvalue weighted by Gasteiger charge is 2.31. The van der Waals surface area contributed by atoms with Crippen LogP contribution in [0, 0.1) is 0 Å². The van der Waals surface area contributed by atoms with Gasteiger partial charge in [-0.25, -0.2) is 0 Å². The van der Waals surface area contributed by atoms with Crippen molar-refractivity contribution in [3.05, 3.63) is 36.2 Å². The number of aryl methyl sites for hydroxylation is 1. The van der Waals surface area contributed by atoms with Gasteiger partial charge in [0.2, 0.25) is 0 Å². The first-order valence-electron chi connectivity index (χ1n) is 9.10. The topological polar surface area (TPSA) is 71.3 Å². The van der Waals surface area contributed by atoms with Crippen LogP contribution in [0.25, 0.3) is 11.4 Å². The highest BCUT2D eigenvalue weighted by Crippen LogP contribution is 2.29. The van der Waals surface area contributed by atoms with E-state index in [1.165, 1.54) is 4.31 Å². The molecule has 0 saturated carbocycles. The predicted molar refractivity (Wildman–Crippen MR) is 102 cm³/mol. The molecule has 1 atom stereocenters. The third-order valence-corrected chi connectivity index (χ3v) is 6.68. The number of hydrogen-bond donors (Lipinski definition) is 0. The maximum atomic E-state index is 12.5. The predicted octanol–water partition coefficient (Wildman–Crippen LogP) is 2.34. The summed E-state index contributed by atoms with van der Waals surface area (Å²) in [5, 5.41) is 4.37. The van der Waals surface area contributed by atoms with Crippen LogP contribution < -0.4 is 0 Å². The molecule has 0 unspecified atom stereocenters. The summed E-state index contributed by atoms with van der Waals surface area (Å²) in [6.45, 7) is 4.02. The molecule has 1 aliphatic rings. The van der Waals surface area contributed by atoms with Gasteiger partial charge in [-0.05, 0) is 37.5 Å². The fourth-order valence-electron chi connectivity index (χ4n) is 3.39. The van der Waals surface area contributed by atoms with E-state index in [4.69, 9.17) is 4.98 Å². The molecule has 0 radical (unpaired) electrons. The number of piperidine rings is 1. The highest BCUT2D eigenvalue weighted by molar-refractivity contribution is 7.86. The lowest BCUT2D eigenvalue weighted by molar-refractivity contribution is 0.296. The lowest BCUT2D eigenvalue weighted by Crippen LogP contribution is -2.45. The van der Waals surface area contributed by atoms with Gasteiger partial charge in [-0.15, -0.1) is 0 Å². The normalized spacial score (nSPS) is 19.2. The number of rotatable bonds is 6. The second kappa shape index (κ2) is 7.85. The maximum absolute atomic E-state index is 12.5. The van der Waals surface area contributed by atoms with E-state index >= 15 is 0 Å². The number of hydrogen-bond acceptors (Lipinski definition) is 4. The third kappa shape index (κ3) is 3.82. The summed E-state index contributed by atoms with van der Waals surface area (Å²) in [4.78, 5) is 4.85. The van der Waals surface area contributed by atoms with Gasteiger partial charge in [0.1, 0.15) is 0 Å². The average molecular weight is 378 g/mol. The minimum atomic E-state index is -3.38. The van der Waals surface area contributed by atoms with Crippen LogP contribution in [0.2, 0.25) is 0 Å². The second-order valence-electron chi connectivity index (χ2n) is 6.87. The zero-order chi connectivity index (χ0) is 18.7. The number of nitrogens with zero attached hydrogens (tertiary/aromatic N) is 5. The largest absolute Gasteiger partial charge is 0.281 e. The van der Waals surface area contributed by atoms with Gasteiger partial charge in [0.05, 0.1) is 11.4 Å². The quantitative estimate of drug-likeness (QED) is 0.775. The van der Waals surface area contributed by atoms with E-state index in [9.17, 15) is 8.42 Å². The molecule has 26 heavy (non-hydrogen) atoms. The van der Waals surface area contributed by atoms with Crippen LogP contribution in [0.3, 0.4) is 0 Å². The zero-order valence-corrected chi connectivity index (χ0v) is 16.5. The first kappa shape index (κ1) is 19.0. The molecule has 0 aliphatic carbocycles. The van der Waals surface area contributed by atoms with Crippen molar-refractivity contribution in [1.29, 1.82) is 0 Å². The average Bonchev–Trinajstić information content (AvgIpc) is 3.10. The van der Waals surface area contributed by atoms with Crippen LogP contribution in [0.15, 0.2) is 30.5 Å². The van der Waals surface area contributed by atoms with Gasteiger partial charge in [0.15, 0.2) is 0 Å². The van der Waals surface area contributed by atoms with Crippen LogP contribution in [-0.4, -0.2) is 59.0 Å². The number of aromatic nitrogens is 3.